The van der Waals surface area contributed by atoms with Gasteiger partial charge in [-0.05, 0) is 48.6 Å². The van der Waals surface area contributed by atoms with Crippen LogP contribution in [0.2, 0.25) is 0 Å². The Morgan fingerprint density at radius 1 is 1.11 bits per heavy atom. The van der Waals surface area contributed by atoms with Crippen LogP contribution in [0.4, 0.5) is 0 Å². The molecule has 1 heterocycles. The van der Waals surface area contributed by atoms with Crippen LogP contribution in [0.25, 0.3) is 0 Å². The maximum atomic E-state index is 10.5. The largest absolute Gasteiger partial charge is 0.439 e. The third-order valence-electron chi connectivity index (χ3n) is 3.05. The number of hydrogen-bond donors (Lipinski definition) is 0. The Kier molecular flexibility index (Phi) is 2.81. The van der Waals surface area contributed by atoms with Gasteiger partial charge in [-0.2, -0.15) is 0 Å². The molecule has 0 amide bonds. The summed E-state index contributed by atoms with van der Waals surface area (Å²) < 4.78 is 5.61. The summed E-state index contributed by atoms with van der Waals surface area (Å²) in [4.78, 5) is 14.8. The number of aromatic nitrogens is 1. The topological polar surface area (TPSA) is 39.2 Å². The summed E-state index contributed by atoms with van der Waals surface area (Å²) in [5.41, 5.74) is 1.93. The molecule has 1 saturated carbocycles. The van der Waals surface area contributed by atoms with Gasteiger partial charge in [0.1, 0.15) is 12.0 Å². The summed E-state index contributed by atoms with van der Waals surface area (Å²) in [5, 5.41) is 0. The molecule has 0 spiro atoms. The van der Waals surface area contributed by atoms with Crippen molar-refractivity contribution in [1.82, 2.24) is 4.98 Å². The normalized spacial score (nSPS) is 14.2. The van der Waals surface area contributed by atoms with E-state index in [9.17, 15) is 4.79 Å². The first-order chi connectivity index (χ1) is 8.85. The van der Waals surface area contributed by atoms with Gasteiger partial charge in [-0.3, -0.25) is 4.79 Å². The molecule has 18 heavy (non-hydrogen) atoms. The van der Waals surface area contributed by atoms with Crippen molar-refractivity contribution in [1.29, 1.82) is 0 Å². The van der Waals surface area contributed by atoms with E-state index in [1.807, 2.05) is 12.3 Å². The van der Waals surface area contributed by atoms with Gasteiger partial charge < -0.3 is 4.74 Å². The van der Waals surface area contributed by atoms with Crippen LogP contribution in [0.3, 0.4) is 0 Å². The maximum Gasteiger partial charge on any atom is 0.219 e. The minimum absolute atomic E-state index is 0.582. The van der Waals surface area contributed by atoms with Crippen molar-refractivity contribution in [3.63, 3.8) is 0 Å². The quantitative estimate of drug-likeness (QED) is 0.766. The standard InChI is InChI=1S/C15H13NO2/c17-10-11-1-6-14(7-2-11)18-15-8-5-13(9-16-15)12-3-4-12/h1-2,5-10,12H,3-4H2. The number of ether oxygens (including phenoxy) is 1. The fraction of sp³-hybridized carbons (Fsp3) is 0.200. The van der Waals surface area contributed by atoms with Crippen LogP contribution in [0.15, 0.2) is 42.6 Å². The molecule has 0 bridgehead atoms. The monoisotopic (exact) mass is 239 g/mol. The summed E-state index contributed by atoms with van der Waals surface area (Å²) in [6.07, 6.45) is 5.24. The van der Waals surface area contributed by atoms with E-state index in [0.29, 0.717) is 23.1 Å². The number of pyridine rings is 1. The van der Waals surface area contributed by atoms with Crippen molar-refractivity contribution in [2.24, 2.45) is 0 Å². The van der Waals surface area contributed by atoms with Crippen LogP contribution >= 0.6 is 0 Å². The van der Waals surface area contributed by atoms with Crippen molar-refractivity contribution in [2.45, 2.75) is 18.8 Å². The third-order valence-corrected chi connectivity index (χ3v) is 3.05. The SMILES string of the molecule is O=Cc1ccc(Oc2ccc(C3CC3)cn2)cc1. The van der Waals surface area contributed by atoms with E-state index in [-0.39, 0.29) is 0 Å². The van der Waals surface area contributed by atoms with Gasteiger partial charge in [0.05, 0.1) is 0 Å². The summed E-state index contributed by atoms with van der Waals surface area (Å²) >= 11 is 0. The molecule has 1 aliphatic rings. The molecule has 90 valence electrons. The Hall–Kier alpha value is -2.16. The predicted octanol–water partition coefficient (Wildman–Crippen LogP) is 3.56. The van der Waals surface area contributed by atoms with Crippen LogP contribution in [0, 0.1) is 0 Å². The molecule has 0 unspecified atom stereocenters. The highest BCUT2D eigenvalue weighted by molar-refractivity contribution is 5.74. The van der Waals surface area contributed by atoms with Gasteiger partial charge in [0.2, 0.25) is 5.88 Å². The zero-order valence-electron chi connectivity index (χ0n) is 9.87. The number of carbonyl (C=O) groups is 1. The lowest BCUT2D eigenvalue weighted by Gasteiger charge is -2.05. The molecule has 3 nitrogen and oxygen atoms in total. The van der Waals surface area contributed by atoms with Gasteiger partial charge in [-0.25, -0.2) is 4.98 Å². The Bertz CT molecular complexity index is 542. The number of aldehydes is 1. The molecule has 1 aliphatic carbocycles. The van der Waals surface area contributed by atoms with E-state index in [2.05, 4.69) is 11.1 Å². The summed E-state index contributed by atoms with van der Waals surface area (Å²) in [7, 11) is 0. The van der Waals surface area contributed by atoms with Gasteiger partial charge in [-0.15, -0.1) is 0 Å². The number of rotatable bonds is 4. The van der Waals surface area contributed by atoms with Crippen LogP contribution < -0.4 is 4.74 Å². The zero-order chi connectivity index (χ0) is 12.4. The molecule has 0 N–H and O–H groups in total. The Balaban J connectivity index is 1.72. The molecule has 0 saturated heterocycles. The lowest BCUT2D eigenvalue weighted by atomic mass is 10.2. The summed E-state index contributed by atoms with van der Waals surface area (Å²) in [5.74, 6) is 1.98. The molecule has 1 fully saturated rings. The average molecular weight is 239 g/mol. The van der Waals surface area contributed by atoms with Crippen molar-refractivity contribution in [2.75, 3.05) is 0 Å². The second-order valence-electron chi connectivity index (χ2n) is 4.49. The second kappa shape index (κ2) is 4.61. The number of carbonyl (C=O) groups excluding carboxylic acids is 1. The molecule has 2 aromatic rings. The molecule has 0 aliphatic heterocycles. The minimum Gasteiger partial charge on any atom is -0.439 e. The van der Waals surface area contributed by atoms with E-state index >= 15 is 0 Å². The number of hydrogen-bond acceptors (Lipinski definition) is 3. The molecule has 3 heteroatoms. The molecular weight excluding hydrogens is 226 g/mol. The van der Waals surface area contributed by atoms with E-state index in [1.165, 1.54) is 18.4 Å². The lowest BCUT2D eigenvalue weighted by molar-refractivity contribution is 0.112. The highest BCUT2D eigenvalue weighted by Gasteiger charge is 2.23. The van der Waals surface area contributed by atoms with E-state index in [4.69, 9.17) is 4.74 Å². The molecular formula is C15H13NO2. The molecule has 0 radical (unpaired) electrons. The van der Waals surface area contributed by atoms with E-state index in [0.717, 1.165) is 6.29 Å². The van der Waals surface area contributed by atoms with Gasteiger partial charge in [0.15, 0.2) is 0 Å². The number of nitrogens with zero attached hydrogens (tertiary/aromatic N) is 1. The second-order valence-corrected chi connectivity index (χ2v) is 4.49. The van der Waals surface area contributed by atoms with Crippen LogP contribution in [0.1, 0.15) is 34.7 Å². The minimum atomic E-state index is 0.582. The highest BCUT2D eigenvalue weighted by Crippen LogP contribution is 2.40. The average Bonchev–Trinajstić information content (AvgIpc) is 3.25. The summed E-state index contributed by atoms with van der Waals surface area (Å²) in [6.45, 7) is 0. The predicted molar refractivity (Wildman–Crippen MR) is 68.1 cm³/mol. The zero-order valence-corrected chi connectivity index (χ0v) is 9.87. The Labute approximate surface area is 105 Å². The first-order valence-corrected chi connectivity index (χ1v) is 6.04. The van der Waals surface area contributed by atoms with E-state index in [1.54, 1.807) is 24.3 Å². The first kappa shape index (κ1) is 11.0. The molecule has 0 atom stereocenters. The van der Waals surface area contributed by atoms with Crippen molar-refractivity contribution in [3.8, 4) is 11.6 Å². The van der Waals surface area contributed by atoms with Crippen LogP contribution in [0.5, 0.6) is 11.6 Å². The fourth-order valence-corrected chi connectivity index (χ4v) is 1.85. The molecule has 1 aromatic heterocycles. The van der Waals surface area contributed by atoms with Crippen LogP contribution in [-0.2, 0) is 0 Å². The molecule has 3 rings (SSSR count). The first-order valence-electron chi connectivity index (χ1n) is 6.04. The van der Waals surface area contributed by atoms with Gasteiger partial charge in [0.25, 0.3) is 0 Å². The van der Waals surface area contributed by atoms with Gasteiger partial charge in [-0.1, -0.05) is 6.07 Å². The smallest absolute Gasteiger partial charge is 0.219 e. The maximum absolute atomic E-state index is 10.5. The van der Waals surface area contributed by atoms with Crippen molar-refractivity contribution in [3.05, 3.63) is 53.7 Å². The third kappa shape index (κ3) is 2.40. The Morgan fingerprint density at radius 2 is 1.89 bits per heavy atom. The molecule has 1 aromatic carbocycles. The van der Waals surface area contributed by atoms with Gasteiger partial charge >= 0.3 is 0 Å². The van der Waals surface area contributed by atoms with Gasteiger partial charge in [0, 0.05) is 17.8 Å². The van der Waals surface area contributed by atoms with Crippen LogP contribution in [-0.4, -0.2) is 11.3 Å². The number of benzene rings is 1. The highest BCUT2D eigenvalue weighted by atomic mass is 16.5. The fourth-order valence-electron chi connectivity index (χ4n) is 1.85. The van der Waals surface area contributed by atoms with Crippen molar-refractivity contribution < 1.29 is 9.53 Å². The summed E-state index contributed by atoms with van der Waals surface area (Å²) in [6, 6.07) is 10.9. The Morgan fingerprint density at radius 3 is 2.44 bits per heavy atom. The lowest BCUT2D eigenvalue weighted by Crippen LogP contribution is -1.89. The van der Waals surface area contributed by atoms with Crippen molar-refractivity contribution >= 4 is 6.29 Å². The van der Waals surface area contributed by atoms with E-state index < -0.39 is 0 Å².